The maximum atomic E-state index is 6.61. The molecule has 0 radical (unpaired) electrons. The van der Waals surface area contributed by atoms with Crippen molar-refractivity contribution < 1.29 is 4.42 Å². The zero-order valence-electron chi connectivity index (χ0n) is 31.5. The Morgan fingerprint density at radius 3 is 1.74 bits per heavy atom. The molecule has 0 unspecified atom stereocenters. The number of furan rings is 1. The second-order valence-electron chi connectivity index (χ2n) is 15.2. The zero-order chi connectivity index (χ0) is 38.2. The Kier molecular flexibility index (Phi) is 7.35. The van der Waals surface area contributed by atoms with Gasteiger partial charge in [0.15, 0.2) is 0 Å². The van der Waals surface area contributed by atoms with Gasteiger partial charge in [-0.1, -0.05) is 152 Å². The normalized spacial score (nSPS) is 13.0. The fourth-order valence-electron chi connectivity index (χ4n) is 9.64. The molecule has 0 saturated carbocycles. The quantitative estimate of drug-likeness (QED) is 0.168. The van der Waals surface area contributed by atoms with Gasteiger partial charge in [-0.2, -0.15) is 0 Å². The van der Waals surface area contributed by atoms with E-state index < -0.39 is 5.41 Å². The summed E-state index contributed by atoms with van der Waals surface area (Å²) in [6.07, 6.45) is 0. The summed E-state index contributed by atoms with van der Waals surface area (Å²) in [4.78, 5) is 2.42. The monoisotopic (exact) mass is 757 g/mol. The minimum absolute atomic E-state index is 0.600. The highest BCUT2D eigenvalue weighted by molar-refractivity contribution is 7.25. The number of rotatable bonds is 6. The van der Waals surface area contributed by atoms with Crippen LogP contribution in [0.15, 0.2) is 217 Å². The molecule has 272 valence electrons. The third-order valence-electron chi connectivity index (χ3n) is 12.1. The minimum atomic E-state index is -0.600. The standard InChI is InChI=1S/C55H35NOS/c1-4-15-37(16-5-1)55(38-17-6-2-7-18-38)49-33-36(42-23-14-24-47-45-21-10-12-25-51(45)57-54(42)47)27-30-43(49)44-31-28-41(35-50(44)55)56(39-19-8-3-9-20-39)40-29-32-53-48(34-40)46-22-11-13-26-52(46)58-53/h1-35H. The van der Waals surface area contributed by atoms with Crippen LogP contribution in [-0.2, 0) is 5.41 Å². The van der Waals surface area contributed by atoms with E-state index >= 15 is 0 Å². The van der Waals surface area contributed by atoms with E-state index in [1.54, 1.807) is 0 Å². The second-order valence-corrected chi connectivity index (χ2v) is 16.3. The lowest BCUT2D eigenvalue weighted by atomic mass is 9.67. The third-order valence-corrected chi connectivity index (χ3v) is 13.3. The first kappa shape index (κ1) is 33.0. The number of benzene rings is 9. The van der Waals surface area contributed by atoms with E-state index in [1.165, 1.54) is 53.6 Å². The molecule has 0 atom stereocenters. The highest BCUT2D eigenvalue weighted by Crippen LogP contribution is 2.58. The van der Waals surface area contributed by atoms with Crippen molar-refractivity contribution in [3.05, 3.63) is 235 Å². The average molecular weight is 758 g/mol. The van der Waals surface area contributed by atoms with Crippen LogP contribution in [0.2, 0.25) is 0 Å². The Bertz CT molecular complexity index is 3300. The molecule has 9 aromatic carbocycles. The Hall–Kier alpha value is -7.20. The first-order chi connectivity index (χ1) is 28.8. The molecule has 0 amide bonds. The van der Waals surface area contributed by atoms with Crippen molar-refractivity contribution in [1.29, 1.82) is 0 Å². The molecule has 12 rings (SSSR count). The molecule has 3 heteroatoms. The summed E-state index contributed by atoms with van der Waals surface area (Å²) < 4.78 is 9.21. The highest BCUT2D eigenvalue weighted by atomic mass is 32.1. The van der Waals surface area contributed by atoms with E-state index in [0.717, 1.165) is 50.1 Å². The summed E-state index contributed by atoms with van der Waals surface area (Å²) in [5.74, 6) is 0. The van der Waals surface area contributed by atoms with Gasteiger partial charge < -0.3 is 9.32 Å². The molecule has 0 spiro atoms. The lowest BCUT2D eigenvalue weighted by Gasteiger charge is -2.35. The van der Waals surface area contributed by atoms with E-state index in [1.807, 2.05) is 17.4 Å². The predicted molar refractivity (Wildman–Crippen MR) is 244 cm³/mol. The number of nitrogens with zero attached hydrogens (tertiary/aromatic N) is 1. The first-order valence-corrected chi connectivity index (χ1v) is 20.6. The highest BCUT2D eigenvalue weighted by Gasteiger charge is 2.46. The molecule has 58 heavy (non-hydrogen) atoms. The number of hydrogen-bond donors (Lipinski definition) is 0. The van der Waals surface area contributed by atoms with Gasteiger partial charge in [0, 0.05) is 53.6 Å². The fraction of sp³-hybridized carbons (Fsp3) is 0.0182. The largest absolute Gasteiger partial charge is 0.455 e. The molecular formula is C55H35NOS. The van der Waals surface area contributed by atoms with Crippen molar-refractivity contribution in [3.63, 3.8) is 0 Å². The van der Waals surface area contributed by atoms with Crippen LogP contribution in [0.1, 0.15) is 22.3 Å². The number of anilines is 3. The van der Waals surface area contributed by atoms with Crippen LogP contribution in [0.3, 0.4) is 0 Å². The zero-order valence-corrected chi connectivity index (χ0v) is 32.3. The van der Waals surface area contributed by atoms with E-state index in [0.29, 0.717) is 0 Å². The number of thiophene rings is 1. The van der Waals surface area contributed by atoms with Gasteiger partial charge in [0.05, 0.1) is 5.41 Å². The molecule has 0 bridgehead atoms. The molecule has 11 aromatic rings. The van der Waals surface area contributed by atoms with E-state index in [-0.39, 0.29) is 0 Å². The van der Waals surface area contributed by atoms with Gasteiger partial charge in [-0.05, 0) is 99.6 Å². The van der Waals surface area contributed by atoms with Gasteiger partial charge in [0.25, 0.3) is 0 Å². The van der Waals surface area contributed by atoms with Crippen molar-refractivity contribution in [3.8, 4) is 22.3 Å². The number of para-hydroxylation sites is 3. The summed E-state index contributed by atoms with van der Waals surface area (Å²) in [6, 6.07) is 77.6. The molecule has 2 nitrogen and oxygen atoms in total. The van der Waals surface area contributed by atoms with Gasteiger partial charge >= 0.3 is 0 Å². The first-order valence-electron chi connectivity index (χ1n) is 19.8. The lowest BCUT2D eigenvalue weighted by Crippen LogP contribution is -2.28. The average Bonchev–Trinajstić information content (AvgIpc) is 3.95. The van der Waals surface area contributed by atoms with Crippen molar-refractivity contribution in [1.82, 2.24) is 0 Å². The van der Waals surface area contributed by atoms with Crippen LogP contribution in [0.25, 0.3) is 64.4 Å². The Morgan fingerprint density at radius 1 is 0.379 bits per heavy atom. The minimum Gasteiger partial charge on any atom is -0.455 e. The summed E-state index contributed by atoms with van der Waals surface area (Å²) in [7, 11) is 0. The fourth-order valence-corrected chi connectivity index (χ4v) is 10.7. The molecule has 2 aromatic heterocycles. The molecule has 0 saturated heterocycles. The molecule has 1 aliphatic carbocycles. The maximum absolute atomic E-state index is 6.61. The molecule has 0 fully saturated rings. The topological polar surface area (TPSA) is 16.4 Å². The van der Waals surface area contributed by atoms with Crippen LogP contribution in [0.5, 0.6) is 0 Å². The van der Waals surface area contributed by atoms with Crippen LogP contribution < -0.4 is 4.90 Å². The van der Waals surface area contributed by atoms with Gasteiger partial charge in [-0.15, -0.1) is 11.3 Å². The van der Waals surface area contributed by atoms with E-state index in [4.69, 9.17) is 4.42 Å². The van der Waals surface area contributed by atoms with E-state index in [2.05, 4.69) is 211 Å². The summed E-state index contributed by atoms with van der Waals surface area (Å²) in [5, 5.41) is 4.84. The van der Waals surface area contributed by atoms with Crippen molar-refractivity contribution >= 4 is 70.5 Å². The molecule has 0 N–H and O–H groups in total. The molecule has 2 heterocycles. The summed E-state index contributed by atoms with van der Waals surface area (Å²) in [6.45, 7) is 0. The SMILES string of the molecule is c1ccc(N(c2ccc3c(c2)C(c2ccccc2)(c2ccccc2)c2cc(-c4cccc5c4oc4ccccc45)ccc2-3)c2ccc3sc4ccccc4c3c2)cc1. The Labute approximate surface area is 340 Å². The van der Waals surface area contributed by atoms with Crippen LogP contribution >= 0.6 is 11.3 Å². The maximum Gasteiger partial charge on any atom is 0.143 e. The van der Waals surface area contributed by atoms with Gasteiger partial charge in [-0.3, -0.25) is 0 Å². The van der Waals surface area contributed by atoms with Crippen LogP contribution in [0.4, 0.5) is 17.1 Å². The molecular weight excluding hydrogens is 723 g/mol. The third kappa shape index (κ3) is 4.84. The predicted octanol–water partition coefficient (Wildman–Crippen LogP) is 15.5. The van der Waals surface area contributed by atoms with Gasteiger partial charge in [-0.25, -0.2) is 0 Å². The van der Waals surface area contributed by atoms with E-state index in [9.17, 15) is 0 Å². The van der Waals surface area contributed by atoms with Crippen molar-refractivity contribution in [2.45, 2.75) is 5.41 Å². The molecule has 0 aliphatic heterocycles. The summed E-state index contributed by atoms with van der Waals surface area (Å²) in [5.41, 5.74) is 14.3. The van der Waals surface area contributed by atoms with Gasteiger partial charge in [0.1, 0.15) is 11.2 Å². The lowest BCUT2D eigenvalue weighted by molar-refractivity contribution is 0.670. The van der Waals surface area contributed by atoms with Crippen molar-refractivity contribution in [2.24, 2.45) is 0 Å². The second kappa shape index (κ2) is 12.9. The Balaban J connectivity index is 1.12. The van der Waals surface area contributed by atoms with Crippen LogP contribution in [-0.4, -0.2) is 0 Å². The van der Waals surface area contributed by atoms with Crippen LogP contribution in [0, 0.1) is 0 Å². The molecule has 1 aliphatic rings. The van der Waals surface area contributed by atoms with Crippen molar-refractivity contribution in [2.75, 3.05) is 4.90 Å². The Morgan fingerprint density at radius 2 is 0.966 bits per heavy atom. The smallest absolute Gasteiger partial charge is 0.143 e. The summed E-state index contributed by atoms with van der Waals surface area (Å²) >= 11 is 1.85. The van der Waals surface area contributed by atoms with Gasteiger partial charge in [0.2, 0.25) is 0 Å². The number of hydrogen-bond acceptors (Lipinski definition) is 3. The number of fused-ring (bicyclic) bond motifs is 9.